The van der Waals surface area contributed by atoms with Gasteiger partial charge in [-0.15, -0.1) is 0 Å². The summed E-state index contributed by atoms with van der Waals surface area (Å²) < 4.78 is 33.9. The van der Waals surface area contributed by atoms with Gasteiger partial charge in [-0.25, -0.2) is 8.78 Å². The van der Waals surface area contributed by atoms with Crippen LogP contribution in [0.15, 0.2) is 36.4 Å². The van der Waals surface area contributed by atoms with Gasteiger partial charge in [-0.3, -0.25) is 4.79 Å². The van der Waals surface area contributed by atoms with Crippen molar-refractivity contribution in [1.29, 1.82) is 0 Å². The number of rotatable bonds is 7. The molecule has 2 aromatic carbocycles. The minimum Gasteiger partial charge on any atom is -0.493 e. The molecule has 0 aliphatic carbocycles. The molecule has 0 spiro atoms. The zero-order valence-electron chi connectivity index (χ0n) is 16.8. The highest BCUT2D eigenvalue weighted by Crippen LogP contribution is 2.37. The second-order valence-electron chi connectivity index (χ2n) is 7.81. The van der Waals surface area contributed by atoms with Gasteiger partial charge in [0.05, 0.1) is 18.8 Å². The van der Waals surface area contributed by atoms with Crippen LogP contribution in [0.25, 0.3) is 0 Å². The highest BCUT2D eigenvalue weighted by molar-refractivity contribution is 14.1. The Morgan fingerprint density at radius 2 is 1.97 bits per heavy atom. The predicted octanol–water partition coefficient (Wildman–Crippen LogP) is 3.27. The highest BCUT2D eigenvalue weighted by Gasteiger charge is 2.34. The lowest BCUT2D eigenvalue weighted by molar-refractivity contribution is -0.120. The molecular formula is C22H25F2IN2O3. The Labute approximate surface area is 188 Å². The van der Waals surface area contributed by atoms with Crippen LogP contribution in [0.5, 0.6) is 5.75 Å². The van der Waals surface area contributed by atoms with Gasteiger partial charge in [-0.2, -0.15) is 0 Å². The SMILES string of the molecule is CC(=O)N[C@@H](Cc1cc(F)cc(F)c1)[C@@H](O)CNC1(C)CCOc2ccc(I)cc21. The monoisotopic (exact) mass is 530 g/mol. The number of nitrogens with one attached hydrogen (secondary N) is 2. The molecule has 30 heavy (non-hydrogen) atoms. The second kappa shape index (κ2) is 9.57. The Morgan fingerprint density at radius 3 is 2.63 bits per heavy atom. The third-order valence-electron chi connectivity index (χ3n) is 5.33. The molecular weight excluding hydrogens is 505 g/mol. The fourth-order valence-corrected chi connectivity index (χ4v) is 4.23. The first kappa shape index (κ1) is 22.9. The van der Waals surface area contributed by atoms with Crippen LogP contribution in [0, 0.1) is 15.2 Å². The van der Waals surface area contributed by atoms with Gasteiger partial charge in [0.1, 0.15) is 17.4 Å². The molecule has 162 valence electrons. The van der Waals surface area contributed by atoms with Crippen molar-refractivity contribution in [3.05, 3.63) is 62.7 Å². The number of hydrogen-bond acceptors (Lipinski definition) is 4. The van der Waals surface area contributed by atoms with E-state index in [0.29, 0.717) is 18.6 Å². The van der Waals surface area contributed by atoms with Crippen LogP contribution in [-0.2, 0) is 16.8 Å². The van der Waals surface area contributed by atoms with E-state index in [1.807, 2.05) is 19.1 Å². The molecule has 1 amide bonds. The van der Waals surface area contributed by atoms with Gasteiger partial charge >= 0.3 is 0 Å². The summed E-state index contributed by atoms with van der Waals surface area (Å²) in [7, 11) is 0. The van der Waals surface area contributed by atoms with Crippen molar-refractivity contribution in [3.8, 4) is 5.75 Å². The van der Waals surface area contributed by atoms with E-state index in [1.165, 1.54) is 19.1 Å². The van der Waals surface area contributed by atoms with Crippen molar-refractivity contribution in [1.82, 2.24) is 10.6 Å². The Balaban J connectivity index is 1.74. The van der Waals surface area contributed by atoms with Crippen molar-refractivity contribution in [2.75, 3.05) is 13.2 Å². The van der Waals surface area contributed by atoms with Crippen molar-refractivity contribution in [3.63, 3.8) is 0 Å². The Morgan fingerprint density at radius 1 is 1.27 bits per heavy atom. The maximum atomic E-state index is 13.5. The van der Waals surface area contributed by atoms with Crippen molar-refractivity contribution >= 4 is 28.5 Å². The first-order chi connectivity index (χ1) is 14.2. The molecule has 3 atom stereocenters. The summed E-state index contributed by atoms with van der Waals surface area (Å²) in [5, 5.41) is 16.9. The second-order valence-corrected chi connectivity index (χ2v) is 9.05. The van der Waals surface area contributed by atoms with Crippen LogP contribution in [0.1, 0.15) is 31.4 Å². The first-order valence-corrected chi connectivity index (χ1v) is 10.8. The molecule has 1 aliphatic heterocycles. The van der Waals surface area contributed by atoms with E-state index in [0.717, 1.165) is 20.9 Å². The molecule has 0 saturated heterocycles. The molecule has 5 nitrogen and oxygen atoms in total. The standard InChI is InChI=1S/C22H25F2IN2O3/c1-13(28)27-19(9-14-7-15(23)10-16(24)8-14)20(29)12-26-22(2)5-6-30-21-4-3-17(25)11-18(21)22/h3-4,7-8,10-11,19-20,26,29H,5-6,9,12H2,1-2H3,(H,27,28)/t19-,20-,22?/m0/s1. The average molecular weight is 530 g/mol. The van der Waals surface area contributed by atoms with Gasteiger partial charge < -0.3 is 20.5 Å². The number of halogens is 3. The van der Waals surface area contributed by atoms with Gasteiger partial charge in [0.25, 0.3) is 0 Å². The Hall–Kier alpha value is -1.78. The van der Waals surface area contributed by atoms with E-state index in [4.69, 9.17) is 4.74 Å². The normalized spacial score (nSPS) is 20.1. The number of amides is 1. The first-order valence-electron chi connectivity index (χ1n) is 9.74. The topological polar surface area (TPSA) is 70.6 Å². The number of carbonyl (C=O) groups excluding carboxylic acids is 1. The van der Waals surface area contributed by atoms with E-state index >= 15 is 0 Å². The summed E-state index contributed by atoms with van der Waals surface area (Å²) in [5.41, 5.74) is 0.959. The van der Waals surface area contributed by atoms with Gasteiger partial charge in [0.2, 0.25) is 5.91 Å². The minimum absolute atomic E-state index is 0.103. The van der Waals surface area contributed by atoms with Crippen molar-refractivity contribution < 1.29 is 23.4 Å². The molecule has 0 radical (unpaired) electrons. The lowest BCUT2D eigenvalue weighted by Gasteiger charge is -2.38. The molecule has 1 aliphatic rings. The highest BCUT2D eigenvalue weighted by atomic mass is 127. The van der Waals surface area contributed by atoms with Crippen LogP contribution in [0.4, 0.5) is 8.78 Å². The maximum absolute atomic E-state index is 13.5. The number of aliphatic hydroxyl groups excluding tert-OH is 1. The molecule has 1 heterocycles. The minimum atomic E-state index is -0.967. The zero-order valence-corrected chi connectivity index (χ0v) is 19.0. The Bertz CT molecular complexity index is 907. The van der Waals surface area contributed by atoms with E-state index in [-0.39, 0.29) is 18.9 Å². The van der Waals surface area contributed by atoms with Gasteiger partial charge in [0, 0.05) is 40.6 Å². The smallest absolute Gasteiger partial charge is 0.217 e. The molecule has 3 N–H and O–H groups in total. The van der Waals surface area contributed by atoms with E-state index in [9.17, 15) is 18.7 Å². The Kier molecular flexibility index (Phi) is 7.30. The number of fused-ring (bicyclic) bond motifs is 1. The van der Waals surface area contributed by atoms with Crippen molar-refractivity contribution in [2.24, 2.45) is 0 Å². The molecule has 3 rings (SSSR count). The number of carbonyl (C=O) groups is 1. The van der Waals surface area contributed by atoms with E-state index < -0.39 is 29.3 Å². The third-order valence-corrected chi connectivity index (χ3v) is 6.00. The summed E-state index contributed by atoms with van der Waals surface area (Å²) in [6, 6.07) is 8.46. The van der Waals surface area contributed by atoms with E-state index in [2.05, 4.69) is 39.3 Å². The molecule has 0 fully saturated rings. The van der Waals surface area contributed by atoms with Crippen LogP contribution in [0.3, 0.4) is 0 Å². The number of benzene rings is 2. The predicted molar refractivity (Wildman–Crippen MR) is 118 cm³/mol. The molecule has 8 heteroatoms. The van der Waals surface area contributed by atoms with Gasteiger partial charge in [-0.05, 0) is 71.8 Å². The molecule has 2 aromatic rings. The van der Waals surface area contributed by atoms with E-state index in [1.54, 1.807) is 0 Å². The summed E-state index contributed by atoms with van der Waals surface area (Å²) >= 11 is 2.24. The summed E-state index contributed by atoms with van der Waals surface area (Å²) in [6.07, 6.45) is -0.149. The zero-order chi connectivity index (χ0) is 21.9. The molecule has 0 bridgehead atoms. The maximum Gasteiger partial charge on any atom is 0.217 e. The summed E-state index contributed by atoms with van der Waals surface area (Å²) in [4.78, 5) is 11.6. The molecule has 0 saturated carbocycles. The number of aliphatic hydroxyl groups is 1. The fourth-order valence-electron chi connectivity index (χ4n) is 3.74. The van der Waals surface area contributed by atoms with Crippen molar-refractivity contribution in [2.45, 2.75) is 44.4 Å². The quantitative estimate of drug-likeness (QED) is 0.481. The largest absolute Gasteiger partial charge is 0.493 e. The van der Waals surface area contributed by atoms with Crippen LogP contribution < -0.4 is 15.4 Å². The number of ether oxygens (including phenoxy) is 1. The third kappa shape index (κ3) is 5.67. The lowest BCUT2D eigenvalue weighted by atomic mass is 9.86. The van der Waals surface area contributed by atoms with Crippen LogP contribution >= 0.6 is 22.6 Å². The molecule has 1 unspecified atom stereocenters. The number of hydrogen-bond donors (Lipinski definition) is 3. The van der Waals surface area contributed by atoms with Gasteiger partial charge in [0.15, 0.2) is 0 Å². The van der Waals surface area contributed by atoms with Crippen LogP contribution in [-0.4, -0.2) is 36.3 Å². The summed E-state index contributed by atoms with van der Waals surface area (Å²) in [5.74, 6) is -0.909. The summed E-state index contributed by atoms with van der Waals surface area (Å²) in [6.45, 7) is 4.12. The van der Waals surface area contributed by atoms with Crippen LogP contribution in [0.2, 0.25) is 0 Å². The molecule has 0 aromatic heterocycles. The van der Waals surface area contributed by atoms with Gasteiger partial charge in [-0.1, -0.05) is 0 Å². The average Bonchev–Trinajstić information content (AvgIpc) is 2.65. The lowest BCUT2D eigenvalue weighted by Crippen LogP contribution is -2.52. The fraction of sp³-hybridized carbons (Fsp3) is 0.409.